The highest BCUT2D eigenvalue weighted by molar-refractivity contribution is 7.89. The summed E-state index contributed by atoms with van der Waals surface area (Å²) in [6.45, 7) is 3.34. The van der Waals surface area contributed by atoms with Gasteiger partial charge in [-0.15, -0.1) is 0 Å². The first-order valence-corrected chi connectivity index (χ1v) is 9.29. The maximum atomic E-state index is 12.3. The average Bonchev–Trinajstić information content (AvgIpc) is 2.55. The topological polar surface area (TPSA) is 75.3 Å². The Hall–Kier alpha value is -1.89. The molecule has 0 saturated heterocycles. The fourth-order valence-electron chi connectivity index (χ4n) is 2.13. The summed E-state index contributed by atoms with van der Waals surface area (Å²) in [7, 11) is -3.79. The van der Waals surface area contributed by atoms with Gasteiger partial charge in [0.25, 0.3) is 0 Å². The number of amides is 1. The lowest BCUT2D eigenvalue weighted by molar-refractivity contribution is -0.123. The minimum absolute atomic E-state index is 0.0580. The summed E-state index contributed by atoms with van der Waals surface area (Å²) < 4.78 is 26.9. The molecule has 0 saturated carbocycles. The van der Waals surface area contributed by atoms with E-state index in [1.54, 1.807) is 0 Å². The molecule has 0 fully saturated rings. The van der Waals surface area contributed by atoms with Gasteiger partial charge in [-0.05, 0) is 43.7 Å². The van der Waals surface area contributed by atoms with Crippen LogP contribution in [0.15, 0.2) is 59.5 Å². The smallest absolute Gasteiger partial charge is 0.241 e. The van der Waals surface area contributed by atoms with Crippen molar-refractivity contribution in [3.8, 4) is 0 Å². The molecule has 7 heteroatoms. The Balaban J connectivity index is 2.02. The predicted molar refractivity (Wildman–Crippen MR) is 94.2 cm³/mol. The number of halogens is 1. The van der Waals surface area contributed by atoms with E-state index in [1.165, 1.54) is 31.2 Å². The molecule has 0 unspecified atom stereocenters. The molecule has 0 radical (unpaired) electrons. The Morgan fingerprint density at radius 3 is 2.17 bits per heavy atom. The van der Waals surface area contributed by atoms with E-state index in [9.17, 15) is 13.2 Å². The van der Waals surface area contributed by atoms with E-state index >= 15 is 0 Å². The SMILES string of the molecule is C[C@H](NC(=O)[C@@H](C)NS(=O)(=O)c1ccc(Cl)cc1)c1ccccc1. The molecule has 0 spiro atoms. The van der Waals surface area contributed by atoms with Crippen molar-refractivity contribution in [3.05, 3.63) is 65.2 Å². The number of hydrogen-bond donors (Lipinski definition) is 2. The van der Waals surface area contributed by atoms with Gasteiger partial charge in [-0.3, -0.25) is 4.79 Å². The summed E-state index contributed by atoms with van der Waals surface area (Å²) in [5.74, 6) is -0.399. The van der Waals surface area contributed by atoms with Crippen LogP contribution in [0.4, 0.5) is 0 Å². The zero-order valence-electron chi connectivity index (χ0n) is 13.4. The lowest BCUT2D eigenvalue weighted by atomic mass is 10.1. The number of hydrogen-bond acceptors (Lipinski definition) is 3. The van der Waals surface area contributed by atoms with Crippen LogP contribution >= 0.6 is 11.6 Å². The fourth-order valence-corrected chi connectivity index (χ4v) is 3.46. The predicted octanol–water partition coefficient (Wildman–Crippen LogP) is 2.88. The second-order valence-corrected chi connectivity index (χ2v) is 7.59. The molecular formula is C17H19ClN2O3S. The molecule has 2 aromatic rings. The average molecular weight is 367 g/mol. The molecule has 0 aliphatic heterocycles. The third-order valence-corrected chi connectivity index (χ3v) is 5.32. The third kappa shape index (κ3) is 4.80. The van der Waals surface area contributed by atoms with Crippen LogP contribution in [-0.4, -0.2) is 20.4 Å². The second kappa shape index (κ2) is 7.79. The van der Waals surface area contributed by atoms with Crippen molar-refractivity contribution in [1.82, 2.24) is 10.0 Å². The van der Waals surface area contributed by atoms with Gasteiger partial charge in [-0.2, -0.15) is 4.72 Å². The maximum Gasteiger partial charge on any atom is 0.241 e. The molecule has 0 aliphatic carbocycles. The van der Waals surface area contributed by atoms with Gasteiger partial charge in [0.2, 0.25) is 15.9 Å². The summed E-state index contributed by atoms with van der Waals surface area (Å²) in [6.07, 6.45) is 0. The quantitative estimate of drug-likeness (QED) is 0.825. The van der Waals surface area contributed by atoms with Crippen LogP contribution in [0.1, 0.15) is 25.5 Å². The first-order chi connectivity index (χ1) is 11.3. The summed E-state index contributed by atoms with van der Waals surface area (Å²) in [5.41, 5.74) is 0.943. The van der Waals surface area contributed by atoms with E-state index in [1.807, 2.05) is 37.3 Å². The van der Waals surface area contributed by atoms with Crippen LogP contribution in [0.2, 0.25) is 5.02 Å². The highest BCUT2D eigenvalue weighted by Gasteiger charge is 2.23. The Bertz CT molecular complexity index is 792. The molecule has 128 valence electrons. The zero-order valence-corrected chi connectivity index (χ0v) is 14.9. The normalized spacial score (nSPS) is 14.0. The number of sulfonamides is 1. The number of carbonyl (C=O) groups is 1. The first kappa shape index (κ1) is 18.4. The van der Waals surface area contributed by atoms with Gasteiger partial charge in [0, 0.05) is 5.02 Å². The van der Waals surface area contributed by atoms with Gasteiger partial charge in [0.1, 0.15) is 0 Å². The molecule has 2 atom stereocenters. The van der Waals surface area contributed by atoms with Crippen molar-refractivity contribution in [1.29, 1.82) is 0 Å². The largest absolute Gasteiger partial charge is 0.348 e. The first-order valence-electron chi connectivity index (χ1n) is 7.43. The van der Waals surface area contributed by atoms with Crippen LogP contribution in [-0.2, 0) is 14.8 Å². The van der Waals surface area contributed by atoms with Gasteiger partial charge in [0.05, 0.1) is 17.0 Å². The molecular weight excluding hydrogens is 348 g/mol. The Morgan fingerprint density at radius 1 is 1.00 bits per heavy atom. The molecule has 24 heavy (non-hydrogen) atoms. The molecule has 2 rings (SSSR count). The van der Waals surface area contributed by atoms with Crippen molar-refractivity contribution in [2.45, 2.75) is 30.8 Å². The van der Waals surface area contributed by atoms with E-state index < -0.39 is 22.0 Å². The van der Waals surface area contributed by atoms with Crippen LogP contribution in [0.5, 0.6) is 0 Å². The number of nitrogens with one attached hydrogen (secondary N) is 2. The van der Waals surface area contributed by atoms with Gasteiger partial charge >= 0.3 is 0 Å². The number of carbonyl (C=O) groups excluding carboxylic acids is 1. The Kier molecular flexibility index (Phi) is 5.99. The van der Waals surface area contributed by atoms with E-state index in [2.05, 4.69) is 10.0 Å². The van der Waals surface area contributed by atoms with Gasteiger partial charge in [0.15, 0.2) is 0 Å². The van der Waals surface area contributed by atoms with Crippen molar-refractivity contribution < 1.29 is 13.2 Å². The second-order valence-electron chi connectivity index (χ2n) is 5.44. The van der Waals surface area contributed by atoms with Crippen LogP contribution in [0, 0.1) is 0 Å². The molecule has 2 aromatic carbocycles. The Morgan fingerprint density at radius 2 is 1.58 bits per heavy atom. The zero-order chi connectivity index (χ0) is 17.7. The van der Waals surface area contributed by atoms with Crippen molar-refractivity contribution in [3.63, 3.8) is 0 Å². The highest BCUT2D eigenvalue weighted by Crippen LogP contribution is 2.15. The Labute approximate surface area is 147 Å². The minimum atomic E-state index is -3.79. The molecule has 0 aromatic heterocycles. The summed E-state index contributed by atoms with van der Waals surface area (Å²) in [6, 6.07) is 14.1. The van der Waals surface area contributed by atoms with E-state index in [0.29, 0.717) is 5.02 Å². The number of benzene rings is 2. The van der Waals surface area contributed by atoms with E-state index in [0.717, 1.165) is 5.56 Å². The summed E-state index contributed by atoms with van der Waals surface area (Å²) >= 11 is 5.75. The maximum absolute atomic E-state index is 12.3. The third-order valence-electron chi connectivity index (χ3n) is 3.51. The van der Waals surface area contributed by atoms with Crippen LogP contribution in [0.25, 0.3) is 0 Å². The van der Waals surface area contributed by atoms with Crippen molar-refractivity contribution in [2.24, 2.45) is 0 Å². The summed E-state index contributed by atoms with van der Waals surface area (Å²) in [4.78, 5) is 12.3. The van der Waals surface area contributed by atoms with Gasteiger partial charge in [-0.1, -0.05) is 41.9 Å². The van der Waals surface area contributed by atoms with E-state index in [4.69, 9.17) is 11.6 Å². The molecule has 2 N–H and O–H groups in total. The fraction of sp³-hybridized carbons (Fsp3) is 0.235. The van der Waals surface area contributed by atoms with E-state index in [-0.39, 0.29) is 10.9 Å². The summed E-state index contributed by atoms with van der Waals surface area (Å²) in [5, 5.41) is 3.23. The highest BCUT2D eigenvalue weighted by atomic mass is 35.5. The lowest BCUT2D eigenvalue weighted by Crippen LogP contribution is -2.45. The molecule has 5 nitrogen and oxygen atoms in total. The van der Waals surface area contributed by atoms with Crippen LogP contribution in [0.3, 0.4) is 0 Å². The van der Waals surface area contributed by atoms with Crippen LogP contribution < -0.4 is 10.0 Å². The minimum Gasteiger partial charge on any atom is -0.348 e. The standard InChI is InChI=1S/C17H19ClN2O3S/c1-12(14-6-4-3-5-7-14)19-17(21)13(2)20-24(22,23)16-10-8-15(18)9-11-16/h3-13,20H,1-2H3,(H,19,21)/t12-,13+/m0/s1. The molecule has 0 bridgehead atoms. The molecule has 1 amide bonds. The molecule has 0 heterocycles. The van der Waals surface area contributed by atoms with Gasteiger partial charge in [-0.25, -0.2) is 8.42 Å². The monoisotopic (exact) mass is 366 g/mol. The molecule has 0 aliphatic rings. The van der Waals surface area contributed by atoms with Gasteiger partial charge < -0.3 is 5.32 Å². The van der Waals surface area contributed by atoms with Crippen molar-refractivity contribution >= 4 is 27.5 Å². The lowest BCUT2D eigenvalue weighted by Gasteiger charge is -2.19. The van der Waals surface area contributed by atoms with Crippen molar-refractivity contribution in [2.75, 3.05) is 0 Å². The number of rotatable bonds is 6.